The second kappa shape index (κ2) is 7.85. The third-order valence-electron chi connectivity index (χ3n) is 7.36. The highest BCUT2D eigenvalue weighted by Gasteiger charge is 2.46. The highest BCUT2D eigenvalue weighted by atomic mass is 19.4. The van der Waals surface area contributed by atoms with E-state index in [0.29, 0.717) is 36.5 Å². The number of halogens is 3. The van der Waals surface area contributed by atoms with Gasteiger partial charge < -0.3 is 14.6 Å². The van der Waals surface area contributed by atoms with Crippen LogP contribution in [0.15, 0.2) is 41.6 Å². The molecular weight excluding hydrogens is 493 g/mol. The molecule has 1 aromatic carbocycles. The van der Waals surface area contributed by atoms with Crippen molar-refractivity contribution in [2.75, 3.05) is 18.2 Å². The SMILES string of the molecule is CC1(C)CC[C@@H]2c3cc(-c4cnn(C5COC5)c4)c(OC(F)(F)F)cc3-c3cc(=O)c(C(=O)O)cn3N21. The molecule has 2 fully saturated rings. The zero-order valence-electron chi connectivity index (χ0n) is 20.0. The predicted octanol–water partition coefficient (Wildman–Crippen LogP) is 4.11. The van der Waals surface area contributed by atoms with Gasteiger partial charge in [0.15, 0.2) is 5.43 Å². The van der Waals surface area contributed by atoms with Crippen molar-refractivity contribution in [1.29, 1.82) is 0 Å². The molecule has 0 amide bonds. The predicted molar refractivity (Wildman–Crippen MR) is 125 cm³/mol. The number of carbonyl (C=O) groups is 1. The molecule has 12 heteroatoms. The molecule has 2 saturated heterocycles. The normalized spacial score (nSPS) is 20.1. The van der Waals surface area contributed by atoms with Crippen LogP contribution in [-0.2, 0) is 4.74 Å². The van der Waals surface area contributed by atoms with Crippen molar-refractivity contribution in [3.05, 3.63) is 58.1 Å². The standard InChI is InChI=1S/C25H23F3N4O5/c1-24(2)4-3-19-16-5-15(13-8-29-30(9-13)14-11-36-12-14)22(37-25(26,27)28)6-17(16)20-7-21(33)18(23(34)35)10-31(20)32(19)24/h5-10,14,19H,3-4,11-12H2,1-2H3,(H,34,35)/t19-/m1/s1. The Hall–Kier alpha value is -3.80. The Kier molecular flexibility index (Phi) is 5.00. The van der Waals surface area contributed by atoms with E-state index in [0.717, 1.165) is 12.0 Å². The van der Waals surface area contributed by atoms with Gasteiger partial charge in [0.05, 0.1) is 42.7 Å². The van der Waals surface area contributed by atoms with Gasteiger partial charge in [-0.1, -0.05) is 0 Å². The molecule has 1 N–H and O–H groups in total. The van der Waals surface area contributed by atoms with Gasteiger partial charge in [0, 0.05) is 35.2 Å². The first-order valence-corrected chi connectivity index (χ1v) is 11.8. The first-order chi connectivity index (χ1) is 17.4. The summed E-state index contributed by atoms with van der Waals surface area (Å²) in [6, 6.07) is 3.89. The molecule has 5 heterocycles. The summed E-state index contributed by atoms with van der Waals surface area (Å²) in [5.74, 6) is -1.80. The van der Waals surface area contributed by atoms with Crippen LogP contribution in [0.1, 0.15) is 54.7 Å². The van der Waals surface area contributed by atoms with E-state index < -0.39 is 34.6 Å². The molecule has 0 spiro atoms. The largest absolute Gasteiger partial charge is 0.573 e. The van der Waals surface area contributed by atoms with Crippen molar-refractivity contribution in [2.24, 2.45) is 0 Å². The average molecular weight is 516 g/mol. The Labute approximate surface area is 208 Å². The molecule has 0 saturated carbocycles. The van der Waals surface area contributed by atoms with Gasteiger partial charge >= 0.3 is 12.3 Å². The van der Waals surface area contributed by atoms with Crippen molar-refractivity contribution in [1.82, 2.24) is 14.5 Å². The average Bonchev–Trinajstić information content (AvgIpc) is 3.35. The Morgan fingerprint density at radius 3 is 2.59 bits per heavy atom. The first-order valence-electron chi connectivity index (χ1n) is 11.8. The molecule has 0 bridgehead atoms. The summed E-state index contributed by atoms with van der Waals surface area (Å²) >= 11 is 0. The van der Waals surface area contributed by atoms with E-state index in [9.17, 15) is 27.9 Å². The number of carboxylic acids is 1. The molecule has 0 radical (unpaired) electrons. The zero-order valence-corrected chi connectivity index (χ0v) is 20.0. The lowest BCUT2D eigenvalue weighted by molar-refractivity contribution is -0.274. The van der Waals surface area contributed by atoms with Gasteiger partial charge in [-0.25, -0.2) is 4.79 Å². The van der Waals surface area contributed by atoms with E-state index in [1.807, 2.05) is 18.9 Å². The Balaban J connectivity index is 1.59. The van der Waals surface area contributed by atoms with Crippen LogP contribution < -0.4 is 15.2 Å². The maximum Gasteiger partial charge on any atom is 0.573 e. The van der Waals surface area contributed by atoms with Crippen molar-refractivity contribution in [3.63, 3.8) is 0 Å². The number of ether oxygens (including phenoxy) is 2. The van der Waals surface area contributed by atoms with Crippen LogP contribution in [0.25, 0.3) is 22.4 Å². The quantitative estimate of drug-likeness (QED) is 0.557. The van der Waals surface area contributed by atoms with Crippen molar-refractivity contribution in [2.45, 2.75) is 50.7 Å². The van der Waals surface area contributed by atoms with Crippen LogP contribution in [0.4, 0.5) is 13.2 Å². The lowest BCUT2D eigenvalue weighted by Gasteiger charge is -2.44. The fourth-order valence-electron chi connectivity index (χ4n) is 5.52. The van der Waals surface area contributed by atoms with Crippen molar-refractivity contribution in [3.8, 4) is 28.1 Å². The van der Waals surface area contributed by atoms with Gasteiger partial charge in [0.25, 0.3) is 0 Å². The fraction of sp³-hybridized carbons (Fsp3) is 0.400. The molecule has 6 rings (SSSR count). The third kappa shape index (κ3) is 3.78. The minimum absolute atomic E-state index is 0.0201. The van der Waals surface area contributed by atoms with Gasteiger partial charge in [-0.15, -0.1) is 13.2 Å². The first kappa shape index (κ1) is 23.6. The maximum absolute atomic E-state index is 13.5. The summed E-state index contributed by atoms with van der Waals surface area (Å²) < 4.78 is 53.4. The lowest BCUT2D eigenvalue weighted by atomic mass is 9.90. The number of alkyl halides is 3. The number of fused-ring (bicyclic) bond motifs is 6. The smallest absolute Gasteiger partial charge is 0.477 e. The number of pyridine rings is 1. The molecule has 9 nitrogen and oxygen atoms in total. The Morgan fingerprint density at radius 2 is 1.95 bits per heavy atom. The van der Waals surface area contributed by atoms with Gasteiger partial charge in [-0.05, 0) is 44.4 Å². The number of rotatable bonds is 4. The van der Waals surface area contributed by atoms with Crippen LogP contribution in [0.3, 0.4) is 0 Å². The molecule has 194 valence electrons. The summed E-state index contributed by atoms with van der Waals surface area (Å²) in [5.41, 5.74) is 0.562. The monoisotopic (exact) mass is 516 g/mol. The second-order valence-electron chi connectivity index (χ2n) is 10.2. The molecule has 3 aliphatic rings. The van der Waals surface area contributed by atoms with Crippen LogP contribution in [-0.4, -0.2) is 50.6 Å². The molecule has 0 unspecified atom stereocenters. The van der Waals surface area contributed by atoms with E-state index in [4.69, 9.17) is 4.74 Å². The summed E-state index contributed by atoms with van der Waals surface area (Å²) in [5, 5.41) is 15.9. The van der Waals surface area contributed by atoms with Crippen molar-refractivity contribution < 1.29 is 32.5 Å². The summed E-state index contributed by atoms with van der Waals surface area (Å²) in [6.07, 6.45) is 0.914. The molecule has 3 aliphatic heterocycles. The fourth-order valence-corrected chi connectivity index (χ4v) is 5.52. The van der Waals surface area contributed by atoms with Crippen molar-refractivity contribution >= 4 is 5.97 Å². The number of hydrogen-bond acceptors (Lipinski definition) is 6. The summed E-state index contributed by atoms with van der Waals surface area (Å²) in [4.78, 5) is 24.4. The van der Waals surface area contributed by atoms with Gasteiger partial charge in [-0.2, -0.15) is 5.10 Å². The summed E-state index contributed by atoms with van der Waals surface area (Å²) in [7, 11) is 0. The zero-order chi connectivity index (χ0) is 26.3. The number of hydrogen-bond donors (Lipinski definition) is 1. The summed E-state index contributed by atoms with van der Waals surface area (Å²) in [6.45, 7) is 4.97. The molecule has 1 atom stereocenters. The lowest BCUT2D eigenvalue weighted by Crippen LogP contribution is -2.50. The minimum atomic E-state index is -4.95. The van der Waals surface area contributed by atoms with E-state index in [2.05, 4.69) is 9.84 Å². The number of carboxylic acid groups (broad SMARTS) is 1. The van der Waals surface area contributed by atoms with E-state index >= 15 is 0 Å². The Bertz CT molecular complexity index is 1490. The topological polar surface area (TPSA) is 98.8 Å². The molecular formula is C25H23F3N4O5. The highest BCUT2D eigenvalue weighted by molar-refractivity contribution is 5.88. The Morgan fingerprint density at radius 1 is 1.19 bits per heavy atom. The van der Waals surface area contributed by atoms with Gasteiger partial charge in [-0.3, -0.25) is 19.2 Å². The van der Waals surface area contributed by atoms with Crippen LogP contribution in [0.2, 0.25) is 0 Å². The van der Waals surface area contributed by atoms with Gasteiger partial charge in [0.2, 0.25) is 0 Å². The number of aromatic nitrogens is 3. The van der Waals surface area contributed by atoms with Crippen LogP contribution >= 0.6 is 0 Å². The van der Waals surface area contributed by atoms with Gasteiger partial charge in [0.1, 0.15) is 11.3 Å². The van der Waals surface area contributed by atoms with E-state index in [1.54, 1.807) is 21.6 Å². The maximum atomic E-state index is 13.5. The van der Waals surface area contributed by atoms with Crippen LogP contribution in [0, 0.1) is 0 Å². The van der Waals surface area contributed by atoms with E-state index in [1.165, 1.54) is 24.5 Å². The minimum Gasteiger partial charge on any atom is -0.477 e. The molecule has 2 aromatic heterocycles. The highest BCUT2D eigenvalue weighted by Crippen LogP contribution is 2.51. The molecule has 0 aliphatic carbocycles. The number of aromatic carboxylic acids is 1. The second-order valence-corrected chi connectivity index (χ2v) is 10.2. The molecule has 3 aromatic rings. The number of nitrogens with zero attached hydrogens (tertiary/aromatic N) is 4. The third-order valence-corrected chi connectivity index (χ3v) is 7.36. The van der Waals surface area contributed by atoms with Crippen LogP contribution in [0.5, 0.6) is 5.75 Å². The number of benzene rings is 1. The van der Waals surface area contributed by atoms with E-state index in [-0.39, 0.29) is 17.6 Å². The molecule has 37 heavy (non-hydrogen) atoms.